The molecule has 0 aliphatic heterocycles. The van der Waals surface area contributed by atoms with E-state index in [1.165, 1.54) is 66.0 Å². The van der Waals surface area contributed by atoms with Crippen molar-refractivity contribution in [1.29, 1.82) is 0 Å². The van der Waals surface area contributed by atoms with Crippen molar-refractivity contribution in [3.05, 3.63) is 82.7 Å². The summed E-state index contributed by atoms with van der Waals surface area (Å²) in [6, 6.07) is 15.1. The van der Waals surface area contributed by atoms with Crippen LogP contribution < -0.4 is 19.4 Å². The fraction of sp³-hybridized carbons (Fsp3) is 0.130. The third kappa shape index (κ3) is 7.44. The zero-order valence-electron chi connectivity index (χ0n) is 19.3. The lowest BCUT2D eigenvalue weighted by Gasteiger charge is -2.18. The smallest absolute Gasteiger partial charge is 0.371 e. The zero-order chi connectivity index (χ0) is 26.6. The number of carbonyl (C=O) groups excluding carboxylic acids is 1. The van der Waals surface area contributed by atoms with Crippen molar-refractivity contribution in [2.24, 2.45) is 5.14 Å². The molecule has 10 nitrogen and oxygen atoms in total. The van der Waals surface area contributed by atoms with Gasteiger partial charge < -0.3 is 9.50 Å². The average Bonchev–Trinajstić information content (AvgIpc) is 3.51. The van der Waals surface area contributed by atoms with Gasteiger partial charge in [0.15, 0.2) is 0 Å². The van der Waals surface area contributed by atoms with Crippen molar-refractivity contribution in [3.63, 3.8) is 0 Å². The number of carbonyl (C=O) groups is 1. The number of sulfonamides is 1. The Morgan fingerprint density at radius 1 is 1.03 bits per heavy atom. The highest BCUT2D eigenvalue weighted by atomic mass is 32.2. The Bertz CT molecular complexity index is 1580. The van der Waals surface area contributed by atoms with E-state index in [0.717, 1.165) is 9.88 Å². The summed E-state index contributed by atoms with van der Waals surface area (Å²) in [4.78, 5) is 16.9. The van der Waals surface area contributed by atoms with Gasteiger partial charge in [-0.15, -0.1) is 22.7 Å². The standard InChI is InChI=1S/C23H22N4O6S4/c1-15(28)25-17-6-10-19(11-7-17)36(29,30)27-20(21-14-35-23(26-21)22-3-2-12-34-22)13-16-4-8-18(9-5-16)33-37(24,31)32/h2-12,14,20,27H,13H2,1H3,(H,25,28)(H2,24,31,32). The predicted molar refractivity (Wildman–Crippen MR) is 143 cm³/mol. The molecule has 0 aliphatic carbocycles. The second kappa shape index (κ2) is 11.1. The second-order valence-corrected chi connectivity index (χ2v) is 12.5. The van der Waals surface area contributed by atoms with E-state index >= 15 is 0 Å². The molecule has 4 N–H and O–H groups in total. The van der Waals surface area contributed by atoms with Gasteiger partial charge in [0.2, 0.25) is 15.9 Å². The van der Waals surface area contributed by atoms with Crippen molar-refractivity contribution in [1.82, 2.24) is 9.71 Å². The van der Waals surface area contributed by atoms with Gasteiger partial charge in [0, 0.05) is 18.0 Å². The maximum Gasteiger partial charge on any atom is 0.380 e. The van der Waals surface area contributed by atoms with E-state index in [-0.39, 0.29) is 23.0 Å². The molecule has 194 valence electrons. The number of rotatable bonds is 10. The van der Waals surface area contributed by atoms with E-state index in [1.807, 2.05) is 17.5 Å². The first-order valence-corrected chi connectivity index (χ1v) is 15.4. The van der Waals surface area contributed by atoms with E-state index in [0.29, 0.717) is 16.9 Å². The highest BCUT2D eigenvalue weighted by Gasteiger charge is 2.24. The molecule has 2 heterocycles. The Morgan fingerprint density at radius 2 is 1.73 bits per heavy atom. The lowest BCUT2D eigenvalue weighted by atomic mass is 10.0. The summed E-state index contributed by atoms with van der Waals surface area (Å²) >= 11 is 2.94. The summed E-state index contributed by atoms with van der Waals surface area (Å²) in [5, 5.41) is 12.0. The van der Waals surface area contributed by atoms with E-state index in [4.69, 9.17) is 5.14 Å². The minimum atomic E-state index is -4.16. The van der Waals surface area contributed by atoms with Crippen LogP contribution in [0.25, 0.3) is 9.88 Å². The molecule has 37 heavy (non-hydrogen) atoms. The number of benzene rings is 2. The second-order valence-electron chi connectivity index (χ2n) is 7.86. The van der Waals surface area contributed by atoms with Gasteiger partial charge in [-0.2, -0.15) is 13.6 Å². The molecule has 0 saturated carbocycles. The van der Waals surface area contributed by atoms with Gasteiger partial charge in [0.05, 0.1) is 21.5 Å². The van der Waals surface area contributed by atoms with E-state index in [1.54, 1.807) is 17.5 Å². The molecule has 0 fully saturated rings. The summed E-state index contributed by atoms with van der Waals surface area (Å²) in [6.07, 6.45) is 0.229. The Hall–Kier alpha value is -3.14. The van der Waals surface area contributed by atoms with Crippen LogP contribution in [0, 0.1) is 0 Å². The number of amides is 1. The van der Waals surface area contributed by atoms with Crippen LogP contribution >= 0.6 is 22.7 Å². The number of hydrogen-bond donors (Lipinski definition) is 3. The molecule has 2 aromatic heterocycles. The summed E-state index contributed by atoms with van der Waals surface area (Å²) in [5.41, 5.74) is 1.72. The molecule has 1 atom stereocenters. The third-order valence-corrected chi connectivity index (χ3v) is 8.78. The minimum Gasteiger partial charge on any atom is -0.371 e. The van der Waals surface area contributed by atoms with E-state index < -0.39 is 26.4 Å². The van der Waals surface area contributed by atoms with Crippen molar-refractivity contribution in [3.8, 4) is 15.6 Å². The highest BCUT2D eigenvalue weighted by Crippen LogP contribution is 2.31. The predicted octanol–water partition coefficient (Wildman–Crippen LogP) is 3.67. The molecule has 0 aliphatic rings. The van der Waals surface area contributed by atoms with Gasteiger partial charge in [-0.05, 0) is 59.8 Å². The van der Waals surface area contributed by atoms with E-state index in [2.05, 4.69) is 19.2 Å². The van der Waals surface area contributed by atoms with Crippen LogP contribution in [-0.4, -0.2) is 27.7 Å². The Morgan fingerprint density at radius 3 is 2.32 bits per heavy atom. The zero-order valence-corrected chi connectivity index (χ0v) is 22.6. The molecule has 0 bridgehead atoms. The summed E-state index contributed by atoms with van der Waals surface area (Å²) in [7, 11) is -8.13. The lowest BCUT2D eigenvalue weighted by Crippen LogP contribution is -2.30. The summed E-state index contributed by atoms with van der Waals surface area (Å²) < 4.78 is 56.3. The van der Waals surface area contributed by atoms with Crippen molar-refractivity contribution in [2.45, 2.75) is 24.3 Å². The third-order valence-electron chi connectivity index (χ3n) is 4.97. The molecule has 2 aromatic carbocycles. The highest BCUT2D eigenvalue weighted by molar-refractivity contribution is 7.89. The van der Waals surface area contributed by atoms with Crippen molar-refractivity contribution < 1.29 is 25.8 Å². The fourth-order valence-corrected chi connectivity index (χ4v) is 6.67. The molecule has 1 amide bonds. The van der Waals surface area contributed by atoms with Crippen molar-refractivity contribution in [2.75, 3.05) is 5.32 Å². The van der Waals surface area contributed by atoms with Crippen LogP contribution in [0.4, 0.5) is 5.69 Å². The minimum absolute atomic E-state index is 0.0252. The summed E-state index contributed by atoms with van der Waals surface area (Å²) in [5.74, 6) is -0.226. The SMILES string of the molecule is CC(=O)Nc1ccc(S(=O)(=O)NC(Cc2ccc(OS(N)(=O)=O)cc2)c2csc(-c3cccs3)n2)cc1. The molecule has 14 heteroatoms. The maximum absolute atomic E-state index is 13.3. The normalized spacial score (nSPS) is 12.7. The quantitative estimate of drug-likeness (QED) is 0.259. The van der Waals surface area contributed by atoms with Crippen LogP contribution in [0.5, 0.6) is 5.75 Å². The number of aromatic nitrogens is 1. The molecule has 4 rings (SSSR count). The molecule has 0 spiro atoms. The van der Waals surface area contributed by atoms with Gasteiger partial charge in [0.25, 0.3) is 0 Å². The first kappa shape index (κ1) is 26.9. The first-order valence-electron chi connectivity index (χ1n) is 10.7. The van der Waals surface area contributed by atoms with Gasteiger partial charge in [-0.3, -0.25) is 4.79 Å². The van der Waals surface area contributed by atoms with Gasteiger partial charge >= 0.3 is 10.3 Å². The van der Waals surface area contributed by atoms with Crippen molar-refractivity contribution >= 4 is 54.6 Å². The Labute approximate surface area is 222 Å². The monoisotopic (exact) mass is 578 g/mol. The number of thiophene rings is 1. The first-order chi connectivity index (χ1) is 17.5. The molecule has 0 saturated heterocycles. The van der Waals surface area contributed by atoms with Crippen LogP contribution in [0.15, 0.2) is 76.3 Å². The van der Waals surface area contributed by atoms with Crippen LogP contribution in [0.3, 0.4) is 0 Å². The number of nitrogens with two attached hydrogens (primary N) is 1. The van der Waals surface area contributed by atoms with Gasteiger partial charge in [-0.25, -0.2) is 18.1 Å². The van der Waals surface area contributed by atoms with Gasteiger partial charge in [0.1, 0.15) is 10.8 Å². The number of hydrogen-bond acceptors (Lipinski definition) is 9. The van der Waals surface area contributed by atoms with Crippen LogP contribution in [0.1, 0.15) is 24.2 Å². The Kier molecular flexibility index (Phi) is 8.06. The summed E-state index contributed by atoms with van der Waals surface area (Å²) in [6.45, 7) is 1.36. The fourth-order valence-electron chi connectivity index (χ4n) is 3.39. The number of nitrogens with one attached hydrogen (secondary N) is 2. The molecule has 0 radical (unpaired) electrons. The molecule has 1 unspecified atom stereocenters. The number of anilines is 1. The maximum atomic E-state index is 13.3. The topological polar surface area (TPSA) is 158 Å². The van der Waals surface area contributed by atoms with Crippen LogP contribution in [0.2, 0.25) is 0 Å². The molecule has 4 aromatic rings. The average molecular weight is 579 g/mol. The molecular weight excluding hydrogens is 557 g/mol. The lowest BCUT2D eigenvalue weighted by molar-refractivity contribution is -0.114. The number of nitrogens with zero attached hydrogens (tertiary/aromatic N) is 1. The van der Waals surface area contributed by atoms with Crippen LogP contribution in [-0.2, 0) is 31.5 Å². The largest absolute Gasteiger partial charge is 0.380 e. The Balaban J connectivity index is 1.61. The van der Waals surface area contributed by atoms with E-state index in [9.17, 15) is 21.6 Å². The van der Waals surface area contributed by atoms with Gasteiger partial charge in [-0.1, -0.05) is 18.2 Å². The number of thiazole rings is 1. The molecular formula is C23H22N4O6S4.